The fourth-order valence-corrected chi connectivity index (χ4v) is 3.83. The summed E-state index contributed by atoms with van der Waals surface area (Å²) in [5, 5.41) is 6.41. The number of carbonyl (C=O) groups is 1. The van der Waals surface area contributed by atoms with Crippen LogP contribution in [0.3, 0.4) is 0 Å². The Hall–Kier alpha value is -2.06. The minimum atomic E-state index is -0.141. The molecule has 0 aliphatic heterocycles. The topological polar surface area (TPSA) is 77.2 Å². The zero-order valence-corrected chi connectivity index (χ0v) is 14.3. The Morgan fingerprint density at radius 1 is 1.43 bits per heavy atom. The van der Waals surface area contributed by atoms with Crippen LogP contribution in [-0.4, -0.2) is 28.4 Å². The molecule has 120 valence electrons. The minimum Gasteiger partial charge on any atom is -0.494 e. The van der Waals surface area contributed by atoms with Gasteiger partial charge in [0.05, 0.1) is 22.6 Å². The lowest BCUT2D eigenvalue weighted by molar-refractivity contribution is -0.113. The number of thioether (sulfide) groups is 1. The van der Waals surface area contributed by atoms with Gasteiger partial charge in [0, 0.05) is 6.07 Å². The van der Waals surface area contributed by atoms with Gasteiger partial charge in [-0.25, -0.2) is 4.98 Å². The van der Waals surface area contributed by atoms with E-state index in [0.29, 0.717) is 18.2 Å². The minimum absolute atomic E-state index is 0.141. The van der Waals surface area contributed by atoms with Gasteiger partial charge in [-0.05, 0) is 32.0 Å². The number of nitrogens with zero attached hydrogens (tertiary/aromatic N) is 2. The van der Waals surface area contributed by atoms with E-state index in [2.05, 4.69) is 15.5 Å². The number of aryl methyl sites for hydroxylation is 1. The van der Waals surface area contributed by atoms with Crippen molar-refractivity contribution in [3.8, 4) is 5.75 Å². The van der Waals surface area contributed by atoms with E-state index in [4.69, 9.17) is 9.26 Å². The van der Waals surface area contributed by atoms with Crippen molar-refractivity contribution in [1.29, 1.82) is 0 Å². The number of carbonyl (C=O) groups excluding carboxylic acids is 1. The van der Waals surface area contributed by atoms with Crippen LogP contribution < -0.4 is 10.1 Å². The van der Waals surface area contributed by atoms with Crippen molar-refractivity contribution in [2.24, 2.45) is 0 Å². The number of rotatable bonds is 6. The summed E-state index contributed by atoms with van der Waals surface area (Å²) in [5.74, 6) is 2.05. The molecule has 6 nitrogen and oxygen atoms in total. The van der Waals surface area contributed by atoms with Crippen molar-refractivity contribution in [3.05, 3.63) is 30.0 Å². The van der Waals surface area contributed by atoms with Gasteiger partial charge in [-0.15, -0.1) is 11.3 Å². The summed E-state index contributed by atoms with van der Waals surface area (Å²) in [7, 11) is 0. The molecule has 0 saturated heterocycles. The Morgan fingerprint density at radius 2 is 2.30 bits per heavy atom. The van der Waals surface area contributed by atoms with E-state index in [1.165, 1.54) is 11.8 Å². The zero-order valence-electron chi connectivity index (χ0n) is 12.7. The summed E-state index contributed by atoms with van der Waals surface area (Å²) in [6.07, 6.45) is 0. The maximum Gasteiger partial charge on any atom is 0.236 e. The third kappa shape index (κ3) is 4.02. The van der Waals surface area contributed by atoms with Gasteiger partial charge in [-0.2, -0.15) is 0 Å². The molecular formula is C15H15N3O3S2. The second-order valence-electron chi connectivity index (χ2n) is 4.70. The lowest BCUT2D eigenvalue weighted by atomic mass is 10.3. The summed E-state index contributed by atoms with van der Waals surface area (Å²) in [4.78, 5) is 16.4. The first kappa shape index (κ1) is 15.8. The predicted octanol–water partition coefficient (Wildman–Crippen LogP) is 3.72. The second kappa shape index (κ2) is 7.01. The molecular weight excluding hydrogens is 334 g/mol. The smallest absolute Gasteiger partial charge is 0.236 e. The van der Waals surface area contributed by atoms with Gasteiger partial charge < -0.3 is 14.6 Å². The zero-order chi connectivity index (χ0) is 16.2. The monoisotopic (exact) mass is 349 g/mol. The first-order valence-electron chi connectivity index (χ1n) is 7.03. The molecule has 23 heavy (non-hydrogen) atoms. The van der Waals surface area contributed by atoms with Crippen LogP contribution in [0, 0.1) is 6.92 Å². The molecule has 8 heteroatoms. The Balaban J connectivity index is 1.61. The molecule has 1 amide bonds. The van der Waals surface area contributed by atoms with E-state index in [0.717, 1.165) is 20.3 Å². The summed E-state index contributed by atoms with van der Waals surface area (Å²) in [6.45, 7) is 4.36. The maximum atomic E-state index is 11.9. The first-order chi connectivity index (χ1) is 11.1. The van der Waals surface area contributed by atoms with Crippen molar-refractivity contribution in [2.45, 2.75) is 18.2 Å². The molecule has 0 saturated carbocycles. The molecule has 0 aliphatic carbocycles. The van der Waals surface area contributed by atoms with E-state index < -0.39 is 0 Å². The number of hydrogen-bond donors (Lipinski definition) is 1. The van der Waals surface area contributed by atoms with Gasteiger partial charge in [0.15, 0.2) is 10.2 Å². The van der Waals surface area contributed by atoms with Crippen LogP contribution in [0.1, 0.15) is 12.7 Å². The number of aromatic nitrogens is 2. The molecule has 0 aliphatic rings. The SMILES string of the molecule is CCOc1ccc2nc(SCC(=O)Nc3cc(C)on3)sc2c1. The van der Waals surface area contributed by atoms with Crippen molar-refractivity contribution < 1.29 is 14.1 Å². The number of nitrogens with one attached hydrogen (secondary N) is 1. The maximum absolute atomic E-state index is 11.9. The van der Waals surface area contributed by atoms with E-state index in [1.54, 1.807) is 24.3 Å². The molecule has 2 heterocycles. The molecule has 1 aromatic carbocycles. The number of benzene rings is 1. The first-order valence-corrected chi connectivity index (χ1v) is 8.83. The van der Waals surface area contributed by atoms with Crippen LogP contribution in [0.15, 0.2) is 33.1 Å². The van der Waals surface area contributed by atoms with Gasteiger partial charge in [-0.3, -0.25) is 4.79 Å². The van der Waals surface area contributed by atoms with Gasteiger partial charge in [-0.1, -0.05) is 16.9 Å². The highest BCUT2D eigenvalue weighted by atomic mass is 32.2. The fraction of sp³-hybridized carbons (Fsp3) is 0.267. The van der Waals surface area contributed by atoms with E-state index in [9.17, 15) is 4.79 Å². The normalized spacial score (nSPS) is 10.9. The van der Waals surface area contributed by atoms with Gasteiger partial charge in [0.1, 0.15) is 11.5 Å². The molecule has 0 fully saturated rings. The van der Waals surface area contributed by atoms with Crippen molar-refractivity contribution >= 4 is 45.0 Å². The van der Waals surface area contributed by atoms with Gasteiger partial charge in [0.25, 0.3) is 0 Å². The molecule has 3 rings (SSSR count). The summed E-state index contributed by atoms with van der Waals surface area (Å²) < 4.78 is 12.3. The summed E-state index contributed by atoms with van der Waals surface area (Å²) >= 11 is 2.94. The third-order valence-corrected chi connectivity index (χ3v) is 5.03. The van der Waals surface area contributed by atoms with Crippen molar-refractivity contribution in [3.63, 3.8) is 0 Å². The predicted molar refractivity (Wildman–Crippen MR) is 91.4 cm³/mol. The molecule has 2 aromatic heterocycles. The molecule has 0 unspecified atom stereocenters. The summed E-state index contributed by atoms with van der Waals surface area (Å²) in [6, 6.07) is 7.48. The number of hydrogen-bond acceptors (Lipinski definition) is 7. The molecule has 0 spiro atoms. The van der Waals surface area contributed by atoms with Crippen molar-refractivity contribution in [1.82, 2.24) is 10.1 Å². The highest BCUT2D eigenvalue weighted by Crippen LogP contribution is 2.31. The highest BCUT2D eigenvalue weighted by Gasteiger charge is 2.10. The largest absolute Gasteiger partial charge is 0.494 e. The number of thiazole rings is 1. The number of fused-ring (bicyclic) bond motifs is 1. The van der Waals surface area contributed by atoms with Crippen LogP contribution >= 0.6 is 23.1 Å². The van der Waals surface area contributed by atoms with Gasteiger partial charge in [0.2, 0.25) is 5.91 Å². The lowest BCUT2D eigenvalue weighted by Gasteiger charge is -2.00. The second-order valence-corrected chi connectivity index (χ2v) is 6.96. The molecule has 0 bridgehead atoms. The van der Waals surface area contributed by atoms with Crippen LogP contribution in [-0.2, 0) is 4.79 Å². The van der Waals surface area contributed by atoms with Crippen LogP contribution in [0.4, 0.5) is 5.82 Å². The average Bonchev–Trinajstić information content (AvgIpc) is 3.11. The van der Waals surface area contributed by atoms with E-state index >= 15 is 0 Å². The molecule has 0 atom stereocenters. The summed E-state index contributed by atoms with van der Waals surface area (Å²) in [5.41, 5.74) is 0.911. The standard InChI is InChI=1S/C15H15N3O3S2/c1-3-20-10-4-5-11-12(7-10)23-15(16-11)22-8-14(19)17-13-6-9(2)21-18-13/h4-7H,3,8H2,1-2H3,(H,17,18,19). The van der Waals surface area contributed by atoms with E-state index in [-0.39, 0.29) is 11.7 Å². The number of ether oxygens (including phenoxy) is 1. The fourth-order valence-electron chi connectivity index (χ4n) is 1.93. The van der Waals surface area contributed by atoms with E-state index in [1.807, 2.05) is 25.1 Å². The van der Waals surface area contributed by atoms with Crippen LogP contribution in [0.2, 0.25) is 0 Å². The molecule has 1 N–H and O–H groups in total. The molecule has 0 radical (unpaired) electrons. The Bertz CT molecular complexity index is 828. The highest BCUT2D eigenvalue weighted by molar-refractivity contribution is 8.01. The number of amides is 1. The Kier molecular flexibility index (Phi) is 4.82. The average molecular weight is 349 g/mol. The third-order valence-electron chi connectivity index (χ3n) is 2.87. The van der Waals surface area contributed by atoms with Crippen molar-refractivity contribution in [2.75, 3.05) is 17.7 Å². The number of anilines is 1. The quantitative estimate of drug-likeness (QED) is 0.683. The Morgan fingerprint density at radius 3 is 3.04 bits per heavy atom. The van der Waals surface area contributed by atoms with Crippen LogP contribution in [0.5, 0.6) is 5.75 Å². The molecule has 3 aromatic rings. The lowest BCUT2D eigenvalue weighted by Crippen LogP contribution is -2.14. The van der Waals surface area contributed by atoms with Gasteiger partial charge >= 0.3 is 0 Å². The van der Waals surface area contributed by atoms with Crippen LogP contribution in [0.25, 0.3) is 10.2 Å². The Labute approximate surface area is 141 Å².